The molecule has 0 aliphatic heterocycles. The van der Waals surface area contributed by atoms with Crippen molar-refractivity contribution < 1.29 is 0 Å². The molecule has 1 aromatic carbocycles. The Hall–Kier alpha value is -0.820. The van der Waals surface area contributed by atoms with Crippen molar-refractivity contribution in [3.8, 4) is 0 Å². The van der Waals surface area contributed by atoms with Gasteiger partial charge in [0.1, 0.15) is 0 Å². The molecule has 5 rings (SSSR count). The smallest absolute Gasteiger partial charge is 0.0352 e. The van der Waals surface area contributed by atoms with Crippen molar-refractivity contribution in [3.63, 3.8) is 0 Å². The van der Waals surface area contributed by atoms with E-state index in [-0.39, 0.29) is 6.04 Å². The molecule has 0 amide bonds. The van der Waals surface area contributed by atoms with Gasteiger partial charge < -0.3 is 5.73 Å². The maximum atomic E-state index is 6.88. The lowest BCUT2D eigenvalue weighted by Crippen LogP contribution is -2.58. The molecule has 0 spiro atoms. The van der Waals surface area contributed by atoms with Crippen molar-refractivity contribution in [2.75, 3.05) is 0 Å². The average Bonchev–Trinajstić information content (AvgIpc) is 2.33. The van der Waals surface area contributed by atoms with E-state index in [2.05, 4.69) is 45.0 Å². The number of nitrogens with two attached hydrogens (primary N) is 1. The lowest BCUT2D eigenvalue weighted by molar-refractivity contribution is -0.154. The summed E-state index contributed by atoms with van der Waals surface area (Å²) in [4.78, 5) is 0. The van der Waals surface area contributed by atoms with Gasteiger partial charge >= 0.3 is 0 Å². The van der Waals surface area contributed by atoms with Crippen LogP contribution in [0.15, 0.2) is 24.3 Å². The first-order valence-electron chi connectivity index (χ1n) is 8.64. The van der Waals surface area contributed by atoms with Crippen molar-refractivity contribution in [2.24, 2.45) is 27.9 Å². The second kappa shape index (κ2) is 4.13. The highest BCUT2D eigenvalue weighted by Gasteiger charge is 2.61. The van der Waals surface area contributed by atoms with Gasteiger partial charge in [0.2, 0.25) is 0 Å². The van der Waals surface area contributed by atoms with Gasteiger partial charge in [0.15, 0.2) is 0 Å². The van der Waals surface area contributed by atoms with Gasteiger partial charge in [0, 0.05) is 6.04 Å². The summed E-state index contributed by atoms with van der Waals surface area (Å²) >= 11 is 0. The van der Waals surface area contributed by atoms with E-state index in [9.17, 15) is 0 Å². The highest BCUT2D eigenvalue weighted by molar-refractivity contribution is 5.28. The molecule has 0 heterocycles. The van der Waals surface area contributed by atoms with Crippen LogP contribution < -0.4 is 5.73 Å². The van der Waals surface area contributed by atoms with E-state index < -0.39 is 0 Å². The molecule has 2 N–H and O–H groups in total. The molecule has 114 valence electrons. The SMILES string of the molecule is Cc1cccc(C(N)C23CC4CC(C)(CC(C)(C4)C2)C3)c1. The van der Waals surface area contributed by atoms with Gasteiger partial charge in [-0.05, 0) is 73.2 Å². The van der Waals surface area contributed by atoms with Crippen LogP contribution >= 0.6 is 0 Å². The topological polar surface area (TPSA) is 26.0 Å². The highest BCUT2D eigenvalue weighted by atomic mass is 14.8. The van der Waals surface area contributed by atoms with E-state index in [4.69, 9.17) is 5.73 Å². The minimum absolute atomic E-state index is 0.222. The summed E-state index contributed by atoms with van der Waals surface area (Å²) in [5, 5.41) is 0. The van der Waals surface area contributed by atoms with E-state index in [1.54, 1.807) is 0 Å². The first kappa shape index (κ1) is 13.8. The lowest BCUT2D eigenvalue weighted by atomic mass is 9.39. The largest absolute Gasteiger partial charge is 0.323 e. The highest BCUT2D eigenvalue weighted by Crippen LogP contribution is 2.71. The Morgan fingerprint density at radius 1 is 1.05 bits per heavy atom. The minimum atomic E-state index is 0.222. The third-order valence-corrected chi connectivity index (χ3v) is 6.73. The zero-order valence-corrected chi connectivity index (χ0v) is 13.8. The fraction of sp³-hybridized carbons (Fsp3) is 0.700. The van der Waals surface area contributed by atoms with Gasteiger partial charge in [-0.3, -0.25) is 0 Å². The maximum Gasteiger partial charge on any atom is 0.0352 e. The van der Waals surface area contributed by atoms with Crippen LogP contribution in [0.25, 0.3) is 0 Å². The van der Waals surface area contributed by atoms with E-state index in [0.29, 0.717) is 16.2 Å². The quantitative estimate of drug-likeness (QED) is 0.813. The molecule has 3 atom stereocenters. The molecule has 3 unspecified atom stereocenters. The third kappa shape index (κ3) is 2.08. The number of aryl methyl sites for hydroxylation is 1. The second-order valence-corrected chi connectivity index (χ2v) is 9.38. The van der Waals surface area contributed by atoms with Gasteiger partial charge in [-0.1, -0.05) is 43.7 Å². The monoisotopic (exact) mass is 283 g/mol. The Labute approximate surface area is 129 Å². The van der Waals surface area contributed by atoms with Gasteiger partial charge in [0.05, 0.1) is 0 Å². The molecule has 4 saturated carbocycles. The number of hydrogen-bond donors (Lipinski definition) is 1. The number of rotatable bonds is 2. The Morgan fingerprint density at radius 2 is 1.71 bits per heavy atom. The number of hydrogen-bond acceptors (Lipinski definition) is 1. The van der Waals surface area contributed by atoms with E-state index in [1.165, 1.54) is 49.7 Å². The molecule has 4 aliphatic carbocycles. The molecule has 0 aromatic heterocycles. The summed E-state index contributed by atoms with van der Waals surface area (Å²) in [6.07, 6.45) is 8.39. The predicted molar refractivity (Wildman–Crippen MR) is 87.9 cm³/mol. The Balaban J connectivity index is 1.74. The fourth-order valence-electron chi connectivity index (χ4n) is 7.10. The van der Waals surface area contributed by atoms with Crippen molar-refractivity contribution in [2.45, 2.75) is 65.3 Å². The van der Waals surface area contributed by atoms with Crippen LogP contribution in [-0.2, 0) is 0 Å². The van der Waals surface area contributed by atoms with Crippen LogP contribution in [0, 0.1) is 29.1 Å². The average molecular weight is 283 g/mol. The number of benzene rings is 1. The summed E-state index contributed by atoms with van der Waals surface area (Å²) in [7, 11) is 0. The van der Waals surface area contributed by atoms with Gasteiger partial charge in [-0.15, -0.1) is 0 Å². The van der Waals surface area contributed by atoms with Crippen molar-refractivity contribution in [1.29, 1.82) is 0 Å². The first-order chi connectivity index (χ1) is 9.82. The molecule has 1 nitrogen and oxygen atoms in total. The molecule has 1 aromatic rings. The summed E-state index contributed by atoms with van der Waals surface area (Å²) < 4.78 is 0. The summed E-state index contributed by atoms with van der Waals surface area (Å²) in [5.41, 5.74) is 11.0. The predicted octanol–water partition coefficient (Wildman–Crippen LogP) is 4.99. The van der Waals surface area contributed by atoms with Crippen LogP contribution in [0.4, 0.5) is 0 Å². The molecule has 4 bridgehead atoms. The molecular weight excluding hydrogens is 254 g/mol. The maximum absolute atomic E-state index is 6.88. The molecule has 21 heavy (non-hydrogen) atoms. The lowest BCUT2D eigenvalue weighted by Gasteiger charge is -2.67. The van der Waals surface area contributed by atoms with Crippen LogP contribution in [-0.4, -0.2) is 0 Å². The van der Waals surface area contributed by atoms with Crippen LogP contribution in [0.2, 0.25) is 0 Å². The van der Waals surface area contributed by atoms with Gasteiger partial charge in [0.25, 0.3) is 0 Å². The van der Waals surface area contributed by atoms with E-state index in [0.717, 1.165) is 5.92 Å². The summed E-state index contributed by atoms with van der Waals surface area (Å²) in [5.74, 6) is 0.923. The molecule has 1 heteroatoms. The van der Waals surface area contributed by atoms with E-state index >= 15 is 0 Å². The van der Waals surface area contributed by atoms with Crippen molar-refractivity contribution >= 4 is 0 Å². The molecular formula is C20H29N. The summed E-state index contributed by atoms with van der Waals surface area (Å²) in [6, 6.07) is 9.14. The van der Waals surface area contributed by atoms with Gasteiger partial charge in [-0.25, -0.2) is 0 Å². The normalized spacial score (nSPS) is 45.8. The van der Waals surface area contributed by atoms with Crippen LogP contribution in [0.3, 0.4) is 0 Å². The summed E-state index contributed by atoms with van der Waals surface area (Å²) in [6.45, 7) is 7.25. The molecule has 4 aliphatic rings. The fourth-order valence-corrected chi connectivity index (χ4v) is 7.10. The molecule has 0 radical (unpaired) electrons. The van der Waals surface area contributed by atoms with Crippen molar-refractivity contribution in [1.82, 2.24) is 0 Å². The minimum Gasteiger partial charge on any atom is -0.323 e. The Kier molecular flexibility index (Phi) is 2.72. The second-order valence-electron chi connectivity index (χ2n) is 9.38. The van der Waals surface area contributed by atoms with Crippen LogP contribution in [0.5, 0.6) is 0 Å². The Bertz CT molecular complexity index is 557. The van der Waals surface area contributed by atoms with Gasteiger partial charge in [-0.2, -0.15) is 0 Å². The molecule has 4 fully saturated rings. The third-order valence-electron chi connectivity index (χ3n) is 6.73. The zero-order chi connectivity index (χ0) is 14.9. The van der Waals surface area contributed by atoms with E-state index in [1.807, 2.05) is 0 Å². The molecule has 0 saturated heterocycles. The standard InChI is InChI=1S/C20H29N/c1-14-5-4-6-16(7-14)17(21)20-10-15-8-18(2,12-20)11-19(3,9-15)13-20/h4-7,15,17H,8-13,21H2,1-3H3. The zero-order valence-electron chi connectivity index (χ0n) is 13.8. The Morgan fingerprint density at radius 3 is 2.29 bits per heavy atom. The van der Waals surface area contributed by atoms with Crippen molar-refractivity contribution in [3.05, 3.63) is 35.4 Å². The van der Waals surface area contributed by atoms with Crippen LogP contribution in [0.1, 0.15) is 69.5 Å². The first-order valence-corrected chi connectivity index (χ1v) is 8.64.